The summed E-state index contributed by atoms with van der Waals surface area (Å²) in [6.45, 7) is 0. The van der Waals surface area contributed by atoms with E-state index in [0.717, 1.165) is 13.2 Å². The largest absolute Gasteiger partial charge is 0.466 e. The van der Waals surface area contributed by atoms with Crippen LogP contribution in [0.2, 0.25) is 0 Å². The first-order valence-corrected chi connectivity index (χ1v) is 8.22. The van der Waals surface area contributed by atoms with Gasteiger partial charge in [0.25, 0.3) is 11.6 Å². The van der Waals surface area contributed by atoms with Gasteiger partial charge in [-0.3, -0.25) is 10.2 Å². The van der Waals surface area contributed by atoms with Crippen LogP contribution in [0.25, 0.3) is 5.70 Å². The first-order chi connectivity index (χ1) is 12.7. The monoisotopic (exact) mass is 399 g/mol. The van der Waals surface area contributed by atoms with Crippen molar-refractivity contribution in [3.05, 3.63) is 53.0 Å². The van der Waals surface area contributed by atoms with Gasteiger partial charge < -0.3 is 9.84 Å². The van der Waals surface area contributed by atoms with Crippen molar-refractivity contribution in [3.63, 3.8) is 0 Å². The van der Waals surface area contributed by atoms with Gasteiger partial charge in [0.15, 0.2) is 5.17 Å². The molecule has 1 amide bonds. The van der Waals surface area contributed by atoms with Crippen molar-refractivity contribution in [1.29, 1.82) is 0 Å². The van der Waals surface area contributed by atoms with E-state index in [4.69, 9.17) is 0 Å². The number of rotatable bonds is 2. The lowest BCUT2D eigenvalue weighted by Crippen LogP contribution is -2.59. The zero-order valence-corrected chi connectivity index (χ0v) is 14.5. The number of esters is 1. The number of ether oxygens (including phenoxy) is 1. The predicted octanol–water partition coefficient (Wildman–Crippen LogP) is 1.78. The number of amidine groups is 1. The number of nitrogens with zero attached hydrogens (tertiary/aromatic N) is 2. The number of hydrogen-bond donors (Lipinski definition) is 2. The van der Waals surface area contributed by atoms with E-state index < -0.39 is 28.9 Å². The third-order valence-corrected chi connectivity index (χ3v) is 4.64. The first-order valence-electron chi connectivity index (χ1n) is 7.40. The van der Waals surface area contributed by atoms with Gasteiger partial charge >= 0.3 is 12.1 Å². The maximum Gasteiger partial charge on any atom is 0.442 e. The molecule has 0 radical (unpaired) electrons. The number of aliphatic hydroxyl groups is 1. The van der Waals surface area contributed by atoms with Crippen molar-refractivity contribution in [2.45, 2.75) is 11.9 Å². The minimum atomic E-state index is -5.10. The Balaban J connectivity index is 1.96. The second-order valence-corrected chi connectivity index (χ2v) is 6.44. The van der Waals surface area contributed by atoms with Gasteiger partial charge in [0, 0.05) is 12.2 Å². The van der Waals surface area contributed by atoms with Gasteiger partial charge in [-0.1, -0.05) is 30.3 Å². The molecule has 11 heteroatoms. The maximum absolute atomic E-state index is 13.6. The van der Waals surface area contributed by atoms with E-state index >= 15 is 0 Å². The van der Waals surface area contributed by atoms with Crippen molar-refractivity contribution in [2.24, 2.45) is 4.99 Å². The number of carbonyl (C=O) groups is 2. The number of carbonyl (C=O) groups excluding carboxylic acids is 2. The first kappa shape index (κ1) is 19.0. The van der Waals surface area contributed by atoms with Crippen LogP contribution in [0.4, 0.5) is 13.2 Å². The molecule has 0 saturated carbocycles. The van der Waals surface area contributed by atoms with Gasteiger partial charge in [0.05, 0.1) is 17.7 Å². The number of alkyl halides is 3. The molecule has 0 aliphatic carbocycles. The van der Waals surface area contributed by atoms with Crippen LogP contribution in [0.1, 0.15) is 5.56 Å². The lowest BCUT2D eigenvalue weighted by Gasteiger charge is -2.34. The Hall–Kier alpha value is -2.79. The predicted molar refractivity (Wildman–Crippen MR) is 90.5 cm³/mol. The van der Waals surface area contributed by atoms with Crippen molar-refractivity contribution < 1.29 is 32.6 Å². The van der Waals surface area contributed by atoms with Gasteiger partial charge in [-0.05, 0) is 17.3 Å². The number of nitrogens with one attached hydrogen (secondary N) is 1. The fraction of sp³-hybridized carbons (Fsp3) is 0.188. The summed E-state index contributed by atoms with van der Waals surface area (Å²) in [6, 6.07) is 8.03. The normalized spacial score (nSPS) is 24.0. The quantitative estimate of drug-likeness (QED) is 0.579. The lowest BCUT2D eigenvalue weighted by molar-refractivity contribution is -0.279. The Morgan fingerprint density at radius 3 is 2.63 bits per heavy atom. The van der Waals surface area contributed by atoms with E-state index in [0.29, 0.717) is 28.4 Å². The molecule has 0 spiro atoms. The Labute approximate surface area is 155 Å². The van der Waals surface area contributed by atoms with Crippen LogP contribution >= 0.6 is 11.8 Å². The molecular weight excluding hydrogens is 387 g/mol. The van der Waals surface area contributed by atoms with Crippen molar-refractivity contribution in [2.75, 3.05) is 7.11 Å². The molecule has 3 rings (SSSR count). The Morgan fingerprint density at radius 2 is 2.04 bits per heavy atom. The molecule has 7 nitrogen and oxygen atoms in total. The molecule has 0 aromatic heterocycles. The number of amides is 1. The molecule has 0 fully saturated rings. The van der Waals surface area contributed by atoms with Crippen LogP contribution in [-0.2, 0) is 14.3 Å². The molecule has 2 aliphatic heterocycles. The number of aliphatic imine (C=N–C) groups is 1. The van der Waals surface area contributed by atoms with Crippen LogP contribution < -0.4 is 5.43 Å². The molecule has 0 saturated heterocycles. The van der Waals surface area contributed by atoms with Gasteiger partial charge in [-0.25, -0.2) is 9.80 Å². The van der Waals surface area contributed by atoms with E-state index in [-0.39, 0.29) is 10.6 Å². The van der Waals surface area contributed by atoms with E-state index in [1.807, 2.05) is 0 Å². The molecule has 1 atom stereocenters. The molecule has 2 heterocycles. The summed E-state index contributed by atoms with van der Waals surface area (Å²) in [5, 5.41) is 10.2. The highest BCUT2D eigenvalue weighted by Crippen LogP contribution is 2.43. The smallest absolute Gasteiger partial charge is 0.442 e. The molecule has 1 aromatic carbocycles. The molecule has 0 bridgehead atoms. The van der Waals surface area contributed by atoms with Gasteiger partial charge in [0.1, 0.15) is 0 Å². The number of hydrazine groups is 1. The number of hydrogen-bond acceptors (Lipinski definition) is 7. The van der Waals surface area contributed by atoms with E-state index in [9.17, 15) is 27.9 Å². The number of benzene rings is 1. The lowest BCUT2D eigenvalue weighted by atomic mass is 10.1. The Morgan fingerprint density at radius 1 is 1.37 bits per heavy atom. The van der Waals surface area contributed by atoms with Crippen molar-refractivity contribution in [3.8, 4) is 0 Å². The number of thioether (sulfide) groups is 1. The van der Waals surface area contributed by atoms with Crippen LogP contribution in [-0.4, -0.2) is 46.2 Å². The summed E-state index contributed by atoms with van der Waals surface area (Å²) in [6.07, 6.45) is -3.69. The molecule has 1 aromatic rings. The Bertz CT molecular complexity index is 883. The standard InChI is InChI=1S/C16H12F3N3O4S/c1-26-12(23)7-11-13(24)20-14(27-11)22-15(25,16(17,18)19)8-10(21-22)9-5-3-2-4-6-9/h2-8,21,25H,1H3/t15-/m0/s1. The third kappa shape index (κ3) is 3.43. The molecular formula is C16H12F3N3O4S. The zero-order chi connectivity index (χ0) is 19.8. The third-order valence-electron chi connectivity index (χ3n) is 3.67. The van der Waals surface area contributed by atoms with Gasteiger partial charge in [0.2, 0.25) is 0 Å². The fourth-order valence-corrected chi connectivity index (χ4v) is 3.22. The van der Waals surface area contributed by atoms with Crippen LogP contribution in [0.3, 0.4) is 0 Å². The minimum absolute atomic E-state index is 0.0171. The van der Waals surface area contributed by atoms with Gasteiger partial charge in [-0.15, -0.1) is 0 Å². The summed E-state index contributed by atoms with van der Waals surface area (Å²) in [5.41, 5.74) is -0.633. The van der Waals surface area contributed by atoms with Crippen molar-refractivity contribution in [1.82, 2.24) is 10.4 Å². The highest BCUT2D eigenvalue weighted by Gasteiger charge is 2.61. The highest BCUT2D eigenvalue weighted by molar-refractivity contribution is 8.18. The maximum atomic E-state index is 13.6. The van der Waals surface area contributed by atoms with E-state index in [1.165, 1.54) is 0 Å². The topological polar surface area (TPSA) is 91.2 Å². The summed E-state index contributed by atoms with van der Waals surface area (Å²) in [7, 11) is 1.09. The molecule has 0 unspecified atom stereocenters. The van der Waals surface area contributed by atoms with Crippen LogP contribution in [0.5, 0.6) is 0 Å². The summed E-state index contributed by atoms with van der Waals surface area (Å²) < 4.78 is 45.1. The number of halogens is 3. The average Bonchev–Trinajstić information content (AvgIpc) is 3.16. The zero-order valence-electron chi connectivity index (χ0n) is 13.6. The molecule has 27 heavy (non-hydrogen) atoms. The summed E-state index contributed by atoms with van der Waals surface area (Å²) in [4.78, 5) is 26.5. The van der Waals surface area contributed by atoms with E-state index in [2.05, 4.69) is 15.2 Å². The van der Waals surface area contributed by atoms with Gasteiger partial charge in [-0.2, -0.15) is 18.2 Å². The van der Waals surface area contributed by atoms with Crippen molar-refractivity contribution >= 4 is 34.5 Å². The highest BCUT2D eigenvalue weighted by atomic mass is 32.2. The number of methoxy groups -OCH3 is 1. The molecule has 142 valence electrons. The molecule has 2 N–H and O–H groups in total. The van der Waals surface area contributed by atoms with E-state index in [1.54, 1.807) is 30.3 Å². The Kier molecular flexibility index (Phi) is 4.74. The second-order valence-electron chi connectivity index (χ2n) is 5.43. The van der Waals surface area contributed by atoms with Crippen LogP contribution in [0.15, 0.2) is 52.4 Å². The fourth-order valence-electron chi connectivity index (χ4n) is 2.33. The summed E-state index contributed by atoms with van der Waals surface area (Å²) >= 11 is 0.506. The molecule has 2 aliphatic rings. The SMILES string of the molecule is COC(=O)C=C1SC(N2NC(c3ccccc3)=C[C@]2(O)C(F)(F)F)=NC1=O. The average molecular weight is 399 g/mol. The minimum Gasteiger partial charge on any atom is -0.466 e. The second kappa shape index (κ2) is 6.74. The summed E-state index contributed by atoms with van der Waals surface area (Å²) in [5.74, 6) is -1.77. The van der Waals surface area contributed by atoms with Crippen LogP contribution in [0, 0.1) is 0 Å².